The second-order valence-corrected chi connectivity index (χ2v) is 7.50. The molecule has 1 aliphatic rings. The van der Waals surface area contributed by atoms with Crippen molar-refractivity contribution in [3.8, 4) is 11.5 Å². The Morgan fingerprint density at radius 2 is 1.96 bits per heavy atom. The molecule has 0 bridgehead atoms. The number of rotatable bonds is 6. The van der Waals surface area contributed by atoms with Gasteiger partial charge in [0.25, 0.3) is 0 Å². The molecule has 0 fully saturated rings. The van der Waals surface area contributed by atoms with Crippen LogP contribution in [-0.2, 0) is 4.79 Å². The summed E-state index contributed by atoms with van der Waals surface area (Å²) in [6.45, 7) is 3.00. The third-order valence-corrected chi connectivity index (χ3v) is 5.50. The Labute approximate surface area is 171 Å². The largest absolute Gasteiger partial charge is 0.497 e. The molecule has 1 atom stereocenters. The van der Waals surface area contributed by atoms with Gasteiger partial charge in [0, 0.05) is 23.9 Å². The molecule has 1 unspecified atom stereocenters. The molecular formula is C20H25ClN2O3S. The fraction of sp³-hybridized carbons (Fsp3) is 0.350. The number of nitrogens with zero attached hydrogens (tertiary/aromatic N) is 2. The van der Waals surface area contributed by atoms with Crippen LogP contribution in [0.2, 0.25) is 0 Å². The average Bonchev–Trinajstić information content (AvgIpc) is 3.01. The zero-order chi connectivity index (χ0) is 18.7. The molecule has 3 rings (SSSR count). The van der Waals surface area contributed by atoms with Gasteiger partial charge >= 0.3 is 0 Å². The van der Waals surface area contributed by atoms with Crippen LogP contribution in [0, 0.1) is 0 Å². The van der Waals surface area contributed by atoms with Gasteiger partial charge in [0.2, 0.25) is 5.91 Å². The maximum Gasteiger partial charge on any atom is 0.225 e. The van der Waals surface area contributed by atoms with Crippen LogP contribution in [0.3, 0.4) is 0 Å². The van der Waals surface area contributed by atoms with Crippen molar-refractivity contribution in [1.82, 2.24) is 4.90 Å². The lowest BCUT2D eigenvalue weighted by atomic mass is 10.1. The second kappa shape index (κ2) is 9.35. The van der Waals surface area contributed by atoms with E-state index in [1.54, 1.807) is 25.8 Å². The summed E-state index contributed by atoms with van der Waals surface area (Å²) in [5.74, 6) is 1.54. The predicted molar refractivity (Wildman–Crippen MR) is 112 cm³/mol. The number of carbonyl (C=O) groups excluding carboxylic acids is 1. The number of benzene rings is 2. The minimum atomic E-state index is -0.172. The van der Waals surface area contributed by atoms with Crippen LogP contribution in [0.4, 0.5) is 5.69 Å². The normalized spacial score (nSPS) is 15.3. The highest BCUT2D eigenvalue weighted by Crippen LogP contribution is 2.53. The first-order chi connectivity index (χ1) is 12.5. The first kappa shape index (κ1) is 21.4. The molecule has 0 aromatic heterocycles. The van der Waals surface area contributed by atoms with E-state index in [0.717, 1.165) is 34.2 Å². The van der Waals surface area contributed by atoms with Crippen LogP contribution in [0.15, 0.2) is 47.4 Å². The van der Waals surface area contributed by atoms with Gasteiger partial charge in [-0.3, -0.25) is 9.69 Å². The lowest BCUT2D eigenvalue weighted by molar-refractivity contribution is -0.116. The first-order valence-electron chi connectivity index (χ1n) is 8.52. The van der Waals surface area contributed by atoms with Crippen LogP contribution in [0.1, 0.15) is 17.9 Å². The van der Waals surface area contributed by atoms with Gasteiger partial charge in [0.1, 0.15) is 23.5 Å². The zero-order valence-corrected chi connectivity index (χ0v) is 17.6. The van der Waals surface area contributed by atoms with Gasteiger partial charge in [-0.05, 0) is 44.4 Å². The highest BCUT2D eigenvalue weighted by molar-refractivity contribution is 8.00. The predicted octanol–water partition coefficient (Wildman–Crippen LogP) is 4.21. The van der Waals surface area contributed by atoms with Crippen LogP contribution in [0.25, 0.3) is 0 Å². The standard InChI is InChI=1S/C20H24N2O3S.ClH/c1-14(23)22-17-7-5-6-8-19(17)26-20(22)16-13-15(24-4)9-10-18(16)25-12-11-21(2)3;/h5-10,13,20H,11-12H2,1-4H3;1H. The van der Waals surface area contributed by atoms with Gasteiger partial charge in [0.05, 0.1) is 12.8 Å². The van der Waals surface area contributed by atoms with Crippen molar-refractivity contribution in [3.63, 3.8) is 0 Å². The van der Waals surface area contributed by atoms with Gasteiger partial charge in [-0.25, -0.2) is 0 Å². The molecule has 5 nitrogen and oxygen atoms in total. The lowest BCUT2D eigenvalue weighted by Crippen LogP contribution is -2.28. The Hall–Kier alpha value is -1.89. The maximum absolute atomic E-state index is 12.4. The number of thioether (sulfide) groups is 1. The molecule has 146 valence electrons. The van der Waals surface area contributed by atoms with Gasteiger partial charge in [-0.2, -0.15) is 0 Å². The van der Waals surface area contributed by atoms with Crippen molar-refractivity contribution in [1.29, 1.82) is 0 Å². The summed E-state index contributed by atoms with van der Waals surface area (Å²) in [4.78, 5) is 17.4. The van der Waals surface area contributed by atoms with Gasteiger partial charge in [0.15, 0.2) is 0 Å². The van der Waals surface area contributed by atoms with E-state index in [0.29, 0.717) is 6.61 Å². The van der Waals surface area contributed by atoms with Gasteiger partial charge < -0.3 is 14.4 Å². The number of anilines is 1. The van der Waals surface area contributed by atoms with E-state index in [1.165, 1.54) is 0 Å². The van der Waals surface area contributed by atoms with Crippen LogP contribution < -0.4 is 14.4 Å². The number of ether oxygens (including phenoxy) is 2. The number of carbonyl (C=O) groups is 1. The molecule has 7 heteroatoms. The number of likely N-dealkylation sites (N-methyl/N-ethyl adjacent to an activating group) is 1. The van der Waals surface area contributed by atoms with Crippen LogP contribution >= 0.6 is 24.2 Å². The zero-order valence-electron chi connectivity index (χ0n) is 16.0. The smallest absolute Gasteiger partial charge is 0.225 e. The molecule has 2 aromatic rings. The number of halogens is 1. The SMILES string of the molecule is COc1ccc(OCCN(C)C)c(C2Sc3ccccc3N2C(C)=O)c1.Cl. The molecule has 1 amide bonds. The molecule has 0 aliphatic carbocycles. The average molecular weight is 409 g/mol. The number of amides is 1. The van der Waals surface area contributed by atoms with Crippen molar-refractivity contribution in [2.45, 2.75) is 17.2 Å². The van der Waals surface area contributed by atoms with E-state index >= 15 is 0 Å². The van der Waals surface area contributed by atoms with E-state index in [2.05, 4.69) is 4.90 Å². The first-order valence-corrected chi connectivity index (χ1v) is 9.40. The molecule has 2 aromatic carbocycles. The fourth-order valence-electron chi connectivity index (χ4n) is 2.91. The molecule has 27 heavy (non-hydrogen) atoms. The van der Waals surface area contributed by atoms with E-state index in [-0.39, 0.29) is 23.7 Å². The molecule has 1 aliphatic heterocycles. The summed E-state index contributed by atoms with van der Waals surface area (Å²) in [5, 5.41) is -0.172. The molecule has 0 radical (unpaired) electrons. The molecule has 0 spiro atoms. The van der Waals surface area contributed by atoms with Crippen LogP contribution in [0.5, 0.6) is 11.5 Å². The summed E-state index contributed by atoms with van der Waals surface area (Å²) < 4.78 is 11.4. The summed E-state index contributed by atoms with van der Waals surface area (Å²) in [6, 6.07) is 13.7. The summed E-state index contributed by atoms with van der Waals surface area (Å²) in [6.07, 6.45) is 0. The van der Waals surface area contributed by atoms with Gasteiger partial charge in [-0.1, -0.05) is 23.9 Å². The van der Waals surface area contributed by atoms with Crippen molar-refractivity contribution in [2.24, 2.45) is 0 Å². The quantitative estimate of drug-likeness (QED) is 0.716. The highest BCUT2D eigenvalue weighted by atomic mass is 35.5. The third kappa shape index (κ3) is 4.69. The van der Waals surface area contributed by atoms with Crippen molar-refractivity contribution < 1.29 is 14.3 Å². The molecule has 1 heterocycles. The molecular weight excluding hydrogens is 384 g/mol. The van der Waals surface area contributed by atoms with E-state index in [9.17, 15) is 4.79 Å². The minimum absolute atomic E-state index is 0. The Morgan fingerprint density at radius 3 is 2.63 bits per heavy atom. The molecule has 0 N–H and O–H groups in total. The summed E-state index contributed by atoms with van der Waals surface area (Å²) in [7, 11) is 5.67. The number of hydrogen-bond acceptors (Lipinski definition) is 5. The lowest BCUT2D eigenvalue weighted by Gasteiger charge is -2.26. The van der Waals surface area contributed by atoms with Gasteiger partial charge in [-0.15, -0.1) is 12.4 Å². The monoisotopic (exact) mass is 408 g/mol. The van der Waals surface area contributed by atoms with E-state index in [1.807, 2.05) is 61.5 Å². The van der Waals surface area contributed by atoms with Crippen LogP contribution in [-0.4, -0.2) is 45.2 Å². The Kier molecular flexibility index (Phi) is 7.41. The molecule has 0 saturated carbocycles. The number of methoxy groups -OCH3 is 1. The number of para-hydroxylation sites is 1. The Balaban J connectivity index is 0.00000261. The van der Waals surface area contributed by atoms with E-state index in [4.69, 9.17) is 9.47 Å². The van der Waals surface area contributed by atoms with Crippen molar-refractivity contribution in [3.05, 3.63) is 48.0 Å². The summed E-state index contributed by atoms with van der Waals surface area (Å²) in [5.41, 5.74) is 1.89. The number of fused-ring (bicyclic) bond motifs is 1. The summed E-state index contributed by atoms with van der Waals surface area (Å²) >= 11 is 1.66. The fourth-order valence-corrected chi connectivity index (χ4v) is 4.27. The molecule has 0 saturated heterocycles. The topological polar surface area (TPSA) is 42.0 Å². The van der Waals surface area contributed by atoms with E-state index < -0.39 is 0 Å². The minimum Gasteiger partial charge on any atom is -0.497 e. The Morgan fingerprint density at radius 1 is 1.22 bits per heavy atom. The number of hydrogen-bond donors (Lipinski definition) is 0. The highest BCUT2D eigenvalue weighted by Gasteiger charge is 2.35. The van der Waals surface area contributed by atoms with Crippen molar-refractivity contribution >= 4 is 35.8 Å². The Bertz CT molecular complexity index is 801. The van der Waals surface area contributed by atoms with Crippen molar-refractivity contribution in [2.75, 3.05) is 39.3 Å². The maximum atomic E-state index is 12.4. The third-order valence-electron chi connectivity index (χ3n) is 4.22. The second-order valence-electron chi connectivity index (χ2n) is 6.38.